The molecule has 0 N–H and O–H groups in total. The van der Waals surface area contributed by atoms with Crippen molar-refractivity contribution in [1.82, 2.24) is 4.31 Å². The van der Waals surface area contributed by atoms with Crippen LogP contribution in [-0.4, -0.2) is 31.6 Å². The molecular formula is C17H18N2O3S. The molecule has 1 aliphatic heterocycles. The largest absolute Gasteiger partial charge is 0.307 e. The minimum atomic E-state index is -3.51. The smallest absolute Gasteiger partial charge is 0.243 e. The van der Waals surface area contributed by atoms with E-state index >= 15 is 0 Å². The van der Waals surface area contributed by atoms with E-state index in [2.05, 4.69) is 4.85 Å². The molecule has 0 atom stereocenters. The van der Waals surface area contributed by atoms with Gasteiger partial charge in [-0.2, -0.15) is 4.31 Å². The predicted molar refractivity (Wildman–Crippen MR) is 85.7 cm³/mol. The van der Waals surface area contributed by atoms with Crippen molar-refractivity contribution in [3.05, 3.63) is 53.5 Å². The number of Topliss-reactive ketones (excluding diaryl/α,β-unsaturated/α-hetero) is 1. The number of ketones is 1. The maximum absolute atomic E-state index is 12.6. The maximum Gasteiger partial charge on any atom is 0.243 e. The van der Waals surface area contributed by atoms with Crippen molar-refractivity contribution in [3.63, 3.8) is 0 Å². The van der Waals surface area contributed by atoms with Crippen molar-refractivity contribution < 1.29 is 13.2 Å². The fourth-order valence-corrected chi connectivity index (χ4v) is 5.22. The Morgan fingerprint density at radius 3 is 2.35 bits per heavy atom. The van der Waals surface area contributed by atoms with Crippen LogP contribution >= 0.6 is 0 Å². The van der Waals surface area contributed by atoms with Crippen LogP contribution in [-0.2, 0) is 14.8 Å². The standard InChI is InChI=1S/C17H18N2O3S/c1-16(2)10-17(9-14(18-3)15(16)20)11-19(12-17)23(21,22)13-7-5-4-6-8-13/h4-9H,10-12H2,1-2H3. The van der Waals surface area contributed by atoms with Gasteiger partial charge in [0.1, 0.15) is 0 Å². The number of nitrogens with zero attached hydrogens (tertiary/aromatic N) is 2. The van der Waals surface area contributed by atoms with Gasteiger partial charge in [-0.05, 0) is 18.6 Å². The monoisotopic (exact) mass is 330 g/mol. The van der Waals surface area contributed by atoms with Crippen LogP contribution in [0, 0.1) is 17.4 Å². The van der Waals surface area contributed by atoms with Crippen molar-refractivity contribution in [2.24, 2.45) is 10.8 Å². The summed E-state index contributed by atoms with van der Waals surface area (Å²) in [6, 6.07) is 8.32. The number of hydrogen-bond donors (Lipinski definition) is 0. The lowest BCUT2D eigenvalue weighted by atomic mass is 9.63. The van der Waals surface area contributed by atoms with Gasteiger partial charge in [0.2, 0.25) is 15.7 Å². The minimum absolute atomic E-state index is 0.137. The average molecular weight is 330 g/mol. The summed E-state index contributed by atoms with van der Waals surface area (Å²) in [6.07, 6.45) is 2.25. The number of carbonyl (C=O) groups is 1. The van der Waals surface area contributed by atoms with Gasteiger partial charge < -0.3 is 4.79 Å². The number of allylic oxidation sites excluding steroid dienone is 1. The highest BCUT2D eigenvalue weighted by Crippen LogP contribution is 2.49. The Bertz CT molecular complexity index is 826. The van der Waals surface area contributed by atoms with Gasteiger partial charge in [0.25, 0.3) is 0 Å². The van der Waals surface area contributed by atoms with Crippen LogP contribution in [0.4, 0.5) is 0 Å². The first kappa shape index (κ1) is 15.9. The van der Waals surface area contributed by atoms with Gasteiger partial charge in [-0.1, -0.05) is 38.1 Å². The Balaban J connectivity index is 1.88. The lowest BCUT2D eigenvalue weighted by molar-refractivity contribution is -0.126. The molecule has 6 heteroatoms. The zero-order valence-electron chi connectivity index (χ0n) is 13.1. The predicted octanol–water partition coefficient (Wildman–Crippen LogP) is 2.48. The molecule has 0 saturated carbocycles. The van der Waals surface area contributed by atoms with Gasteiger partial charge >= 0.3 is 0 Å². The van der Waals surface area contributed by atoms with E-state index in [1.807, 2.05) is 13.8 Å². The normalized spacial score (nSPS) is 23.0. The fourth-order valence-electron chi connectivity index (χ4n) is 3.57. The molecule has 1 fully saturated rings. The Labute approximate surface area is 136 Å². The van der Waals surface area contributed by atoms with E-state index in [1.165, 1.54) is 4.31 Å². The Kier molecular flexibility index (Phi) is 3.47. The van der Waals surface area contributed by atoms with E-state index in [1.54, 1.807) is 36.4 Å². The highest BCUT2D eigenvalue weighted by Gasteiger charge is 2.53. The van der Waals surface area contributed by atoms with E-state index < -0.39 is 20.9 Å². The molecule has 0 amide bonds. The second-order valence-corrected chi connectivity index (χ2v) is 8.92. The summed E-state index contributed by atoms with van der Waals surface area (Å²) in [6.45, 7) is 11.5. The fraction of sp³-hybridized carbons (Fsp3) is 0.412. The molecule has 0 unspecified atom stereocenters. The molecule has 1 aromatic carbocycles. The molecule has 0 bridgehead atoms. The number of hydrogen-bond acceptors (Lipinski definition) is 3. The van der Waals surface area contributed by atoms with Crippen molar-refractivity contribution in [1.29, 1.82) is 0 Å². The van der Waals surface area contributed by atoms with Crippen LogP contribution < -0.4 is 0 Å². The van der Waals surface area contributed by atoms with Crippen LogP contribution in [0.3, 0.4) is 0 Å². The molecule has 23 heavy (non-hydrogen) atoms. The van der Waals surface area contributed by atoms with Gasteiger partial charge in [-0.15, -0.1) is 0 Å². The van der Waals surface area contributed by atoms with Crippen LogP contribution in [0.1, 0.15) is 20.3 Å². The summed E-state index contributed by atoms with van der Waals surface area (Å²) in [5, 5.41) is 0. The molecule has 2 aliphatic rings. The lowest BCUT2D eigenvalue weighted by Crippen LogP contribution is -2.60. The number of carbonyl (C=O) groups excluding carboxylic acids is 1. The van der Waals surface area contributed by atoms with Gasteiger partial charge in [0.05, 0.1) is 11.5 Å². The average Bonchev–Trinajstić information content (AvgIpc) is 2.48. The quantitative estimate of drug-likeness (QED) is 0.783. The summed E-state index contributed by atoms with van der Waals surface area (Å²) < 4.78 is 26.6. The zero-order chi connectivity index (χ0) is 16.9. The van der Waals surface area contributed by atoms with Crippen LogP contribution in [0.25, 0.3) is 4.85 Å². The summed E-state index contributed by atoms with van der Waals surface area (Å²) in [5.41, 5.74) is -0.894. The number of sulfonamides is 1. The molecule has 5 nitrogen and oxygen atoms in total. The highest BCUT2D eigenvalue weighted by atomic mass is 32.2. The maximum atomic E-state index is 12.6. The van der Waals surface area contributed by atoms with Gasteiger partial charge in [0, 0.05) is 23.9 Å². The van der Waals surface area contributed by atoms with Crippen molar-refractivity contribution in [2.75, 3.05) is 13.1 Å². The van der Waals surface area contributed by atoms with Crippen molar-refractivity contribution in [2.45, 2.75) is 25.2 Å². The third-order valence-corrected chi connectivity index (χ3v) is 6.37. The van der Waals surface area contributed by atoms with Crippen LogP contribution in [0.2, 0.25) is 0 Å². The van der Waals surface area contributed by atoms with Crippen LogP contribution in [0.15, 0.2) is 47.0 Å². The molecule has 1 saturated heterocycles. The summed E-state index contributed by atoms with van der Waals surface area (Å²) in [5.74, 6) is -0.150. The first-order chi connectivity index (χ1) is 10.7. The third-order valence-electron chi connectivity index (χ3n) is 4.57. The number of rotatable bonds is 2. The Morgan fingerprint density at radius 1 is 1.17 bits per heavy atom. The van der Waals surface area contributed by atoms with E-state index in [0.717, 1.165) is 0 Å². The topological polar surface area (TPSA) is 58.8 Å². The van der Waals surface area contributed by atoms with E-state index in [9.17, 15) is 13.2 Å². The Morgan fingerprint density at radius 2 is 1.78 bits per heavy atom. The molecule has 1 heterocycles. The number of benzene rings is 1. The second-order valence-electron chi connectivity index (χ2n) is 6.98. The highest BCUT2D eigenvalue weighted by molar-refractivity contribution is 7.89. The molecule has 120 valence electrons. The van der Waals surface area contributed by atoms with Gasteiger partial charge in [-0.25, -0.2) is 13.3 Å². The molecule has 1 spiro atoms. The molecule has 1 aromatic rings. The molecular weight excluding hydrogens is 312 g/mol. The lowest BCUT2D eigenvalue weighted by Gasteiger charge is -2.52. The van der Waals surface area contributed by atoms with E-state index in [0.29, 0.717) is 19.5 Å². The van der Waals surface area contributed by atoms with Crippen LogP contribution in [0.5, 0.6) is 0 Å². The van der Waals surface area contributed by atoms with Gasteiger partial charge in [-0.3, -0.25) is 0 Å². The Hall–Kier alpha value is -1.97. The van der Waals surface area contributed by atoms with Crippen molar-refractivity contribution in [3.8, 4) is 0 Å². The summed E-state index contributed by atoms with van der Waals surface area (Å²) in [7, 11) is -3.51. The van der Waals surface area contributed by atoms with Gasteiger partial charge in [0.15, 0.2) is 5.78 Å². The first-order valence-electron chi connectivity index (χ1n) is 7.41. The summed E-state index contributed by atoms with van der Waals surface area (Å²) >= 11 is 0. The molecule has 0 aromatic heterocycles. The molecule has 3 rings (SSSR count). The first-order valence-corrected chi connectivity index (χ1v) is 8.85. The van der Waals surface area contributed by atoms with E-state index in [4.69, 9.17) is 6.57 Å². The SMILES string of the molecule is [C-]#[N+]C1=CC2(CN(S(=O)(=O)c3ccccc3)C2)CC(C)(C)C1=O. The summed E-state index contributed by atoms with van der Waals surface area (Å²) in [4.78, 5) is 15.8. The molecule has 1 aliphatic carbocycles. The second kappa shape index (κ2) is 5.02. The van der Waals surface area contributed by atoms with Crippen molar-refractivity contribution >= 4 is 15.8 Å². The third kappa shape index (κ3) is 2.50. The zero-order valence-corrected chi connectivity index (χ0v) is 13.9. The molecule has 0 radical (unpaired) electrons. The van der Waals surface area contributed by atoms with E-state index in [-0.39, 0.29) is 16.4 Å². The minimum Gasteiger partial charge on any atom is -0.307 e.